The van der Waals surface area contributed by atoms with E-state index in [4.69, 9.17) is 4.74 Å². The standard InChI is InChI=1S/C15H17NO2S/c1-3-18-14-6-4-12(5-7-14)11(2)16-15(17)13-8-9-19-10-13/h4-11H,3H2,1-2H3,(H,16,17). The highest BCUT2D eigenvalue weighted by atomic mass is 32.1. The van der Waals surface area contributed by atoms with Gasteiger partial charge in [0.15, 0.2) is 0 Å². The van der Waals surface area contributed by atoms with Crippen molar-refractivity contribution in [2.45, 2.75) is 19.9 Å². The fraction of sp³-hybridized carbons (Fsp3) is 0.267. The van der Waals surface area contributed by atoms with Crippen molar-refractivity contribution in [2.24, 2.45) is 0 Å². The highest BCUT2D eigenvalue weighted by Crippen LogP contribution is 2.18. The number of thiophene rings is 1. The van der Waals surface area contributed by atoms with Crippen molar-refractivity contribution in [1.82, 2.24) is 5.32 Å². The van der Waals surface area contributed by atoms with Crippen LogP contribution < -0.4 is 10.1 Å². The van der Waals surface area contributed by atoms with E-state index in [1.54, 1.807) is 0 Å². The largest absolute Gasteiger partial charge is 0.494 e. The molecule has 0 aliphatic heterocycles. The third-order valence-corrected chi connectivity index (χ3v) is 3.51. The van der Waals surface area contributed by atoms with E-state index in [1.807, 2.05) is 54.9 Å². The number of carbonyl (C=O) groups is 1. The molecule has 4 heteroatoms. The van der Waals surface area contributed by atoms with Crippen LogP contribution in [0.15, 0.2) is 41.1 Å². The van der Waals surface area contributed by atoms with Crippen LogP contribution in [0.3, 0.4) is 0 Å². The zero-order valence-corrected chi connectivity index (χ0v) is 11.9. The molecule has 0 aliphatic carbocycles. The van der Waals surface area contributed by atoms with Gasteiger partial charge < -0.3 is 10.1 Å². The second-order valence-corrected chi connectivity index (χ2v) is 4.99. The average Bonchev–Trinajstić information content (AvgIpc) is 2.94. The Morgan fingerprint density at radius 1 is 1.32 bits per heavy atom. The molecule has 0 bridgehead atoms. The van der Waals surface area contributed by atoms with Crippen LogP contribution in [0.2, 0.25) is 0 Å². The number of ether oxygens (including phenoxy) is 1. The summed E-state index contributed by atoms with van der Waals surface area (Å²) in [4.78, 5) is 11.9. The maximum atomic E-state index is 11.9. The van der Waals surface area contributed by atoms with Crippen molar-refractivity contribution in [1.29, 1.82) is 0 Å². The summed E-state index contributed by atoms with van der Waals surface area (Å²) in [5, 5.41) is 6.72. The van der Waals surface area contributed by atoms with E-state index in [9.17, 15) is 4.79 Å². The van der Waals surface area contributed by atoms with Crippen LogP contribution >= 0.6 is 11.3 Å². The predicted octanol–water partition coefficient (Wildman–Crippen LogP) is 3.64. The molecule has 19 heavy (non-hydrogen) atoms. The molecule has 0 aliphatic rings. The predicted molar refractivity (Wildman–Crippen MR) is 77.8 cm³/mol. The number of hydrogen-bond acceptors (Lipinski definition) is 3. The molecule has 2 rings (SSSR count). The zero-order valence-electron chi connectivity index (χ0n) is 11.1. The normalized spacial score (nSPS) is 11.9. The second-order valence-electron chi connectivity index (χ2n) is 4.21. The summed E-state index contributed by atoms with van der Waals surface area (Å²) < 4.78 is 5.39. The van der Waals surface area contributed by atoms with Crippen LogP contribution in [0, 0.1) is 0 Å². The third kappa shape index (κ3) is 3.58. The molecule has 0 saturated carbocycles. The van der Waals surface area contributed by atoms with E-state index in [0.29, 0.717) is 12.2 Å². The minimum Gasteiger partial charge on any atom is -0.494 e. The lowest BCUT2D eigenvalue weighted by atomic mass is 10.1. The molecule has 1 heterocycles. The summed E-state index contributed by atoms with van der Waals surface area (Å²) >= 11 is 1.52. The van der Waals surface area contributed by atoms with E-state index in [-0.39, 0.29) is 11.9 Å². The smallest absolute Gasteiger partial charge is 0.252 e. The molecule has 1 aromatic carbocycles. The van der Waals surface area contributed by atoms with E-state index >= 15 is 0 Å². The van der Waals surface area contributed by atoms with Crippen molar-refractivity contribution in [3.05, 3.63) is 52.2 Å². The Labute approximate surface area is 117 Å². The first-order valence-electron chi connectivity index (χ1n) is 6.26. The van der Waals surface area contributed by atoms with Gasteiger partial charge in [0, 0.05) is 5.38 Å². The van der Waals surface area contributed by atoms with E-state index in [0.717, 1.165) is 11.3 Å². The highest BCUT2D eigenvalue weighted by molar-refractivity contribution is 7.08. The van der Waals surface area contributed by atoms with Crippen LogP contribution in [-0.4, -0.2) is 12.5 Å². The lowest BCUT2D eigenvalue weighted by Crippen LogP contribution is -2.26. The molecule has 1 aromatic heterocycles. The molecule has 0 fully saturated rings. The fourth-order valence-electron chi connectivity index (χ4n) is 1.78. The van der Waals surface area contributed by atoms with Crippen LogP contribution in [0.1, 0.15) is 35.8 Å². The molecule has 2 aromatic rings. The Morgan fingerprint density at radius 3 is 2.63 bits per heavy atom. The van der Waals surface area contributed by atoms with Crippen molar-refractivity contribution < 1.29 is 9.53 Å². The van der Waals surface area contributed by atoms with Gasteiger partial charge in [-0.05, 0) is 43.0 Å². The minimum atomic E-state index is -0.0392. The third-order valence-electron chi connectivity index (χ3n) is 2.82. The van der Waals surface area contributed by atoms with Crippen LogP contribution in [0.5, 0.6) is 5.75 Å². The molecule has 100 valence electrons. The molecule has 1 unspecified atom stereocenters. The molecule has 1 atom stereocenters. The van der Waals surface area contributed by atoms with Crippen molar-refractivity contribution >= 4 is 17.2 Å². The summed E-state index contributed by atoms with van der Waals surface area (Å²) in [7, 11) is 0. The molecule has 0 spiro atoms. The topological polar surface area (TPSA) is 38.3 Å². The molecule has 0 saturated heterocycles. The monoisotopic (exact) mass is 275 g/mol. The van der Waals surface area contributed by atoms with Crippen LogP contribution in [-0.2, 0) is 0 Å². The first-order chi connectivity index (χ1) is 9.20. The summed E-state index contributed by atoms with van der Waals surface area (Å²) in [6.45, 7) is 4.58. The van der Waals surface area contributed by atoms with Crippen molar-refractivity contribution in [3.8, 4) is 5.75 Å². The Balaban J connectivity index is 1.99. The molecular formula is C15H17NO2S. The van der Waals surface area contributed by atoms with Crippen LogP contribution in [0.4, 0.5) is 0 Å². The van der Waals surface area contributed by atoms with Gasteiger partial charge in [0.2, 0.25) is 0 Å². The molecule has 3 nitrogen and oxygen atoms in total. The Morgan fingerprint density at radius 2 is 2.05 bits per heavy atom. The summed E-state index contributed by atoms with van der Waals surface area (Å²) in [6, 6.07) is 9.60. The number of benzene rings is 1. The zero-order chi connectivity index (χ0) is 13.7. The highest BCUT2D eigenvalue weighted by Gasteiger charge is 2.11. The second kappa shape index (κ2) is 6.38. The van der Waals surface area contributed by atoms with Gasteiger partial charge in [0.25, 0.3) is 5.91 Å². The Bertz CT molecular complexity index is 520. The number of rotatable bonds is 5. The van der Waals surface area contributed by atoms with E-state index in [2.05, 4.69) is 5.32 Å². The van der Waals surface area contributed by atoms with Crippen molar-refractivity contribution in [3.63, 3.8) is 0 Å². The van der Waals surface area contributed by atoms with Gasteiger partial charge in [-0.15, -0.1) is 0 Å². The van der Waals surface area contributed by atoms with Crippen molar-refractivity contribution in [2.75, 3.05) is 6.61 Å². The average molecular weight is 275 g/mol. The van der Waals surface area contributed by atoms with Gasteiger partial charge in [-0.1, -0.05) is 12.1 Å². The minimum absolute atomic E-state index is 0.0249. The number of carbonyl (C=O) groups excluding carboxylic acids is 1. The van der Waals surface area contributed by atoms with Gasteiger partial charge in [0.1, 0.15) is 5.75 Å². The summed E-state index contributed by atoms with van der Waals surface area (Å²) in [5.41, 5.74) is 1.77. The number of amides is 1. The molecular weight excluding hydrogens is 258 g/mol. The van der Waals surface area contributed by atoms with E-state index in [1.165, 1.54) is 11.3 Å². The first kappa shape index (κ1) is 13.6. The van der Waals surface area contributed by atoms with Crippen LogP contribution in [0.25, 0.3) is 0 Å². The Hall–Kier alpha value is -1.81. The first-order valence-corrected chi connectivity index (χ1v) is 7.20. The lowest BCUT2D eigenvalue weighted by molar-refractivity contribution is 0.0940. The van der Waals surface area contributed by atoms with Gasteiger partial charge in [-0.25, -0.2) is 0 Å². The summed E-state index contributed by atoms with van der Waals surface area (Å²) in [6.07, 6.45) is 0. The SMILES string of the molecule is CCOc1ccc(C(C)NC(=O)c2ccsc2)cc1. The van der Waals surface area contributed by atoms with Gasteiger partial charge >= 0.3 is 0 Å². The quantitative estimate of drug-likeness (QED) is 0.904. The number of hydrogen-bond donors (Lipinski definition) is 1. The van der Waals surface area contributed by atoms with Gasteiger partial charge in [-0.3, -0.25) is 4.79 Å². The van der Waals surface area contributed by atoms with Gasteiger partial charge in [-0.2, -0.15) is 11.3 Å². The van der Waals surface area contributed by atoms with E-state index < -0.39 is 0 Å². The van der Waals surface area contributed by atoms with Gasteiger partial charge in [0.05, 0.1) is 18.2 Å². The maximum absolute atomic E-state index is 11.9. The maximum Gasteiger partial charge on any atom is 0.252 e. The number of nitrogens with one attached hydrogen (secondary N) is 1. The molecule has 1 N–H and O–H groups in total. The Kier molecular flexibility index (Phi) is 4.58. The molecule has 0 radical (unpaired) electrons. The lowest BCUT2D eigenvalue weighted by Gasteiger charge is -2.14. The summed E-state index contributed by atoms with van der Waals surface area (Å²) in [5.74, 6) is 0.810. The molecule has 1 amide bonds. The fourth-order valence-corrected chi connectivity index (χ4v) is 2.41.